The van der Waals surface area contributed by atoms with Gasteiger partial charge in [-0.2, -0.15) is 0 Å². The van der Waals surface area contributed by atoms with Crippen molar-refractivity contribution in [2.24, 2.45) is 0 Å². The van der Waals surface area contributed by atoms with Gasteiger partial charge in [0.2, 0.25) is 5.91 Å². The predicted molar refractivity (Wildman–Crippen MR) is 137 cm³/mol. The second kappa shape index (κ2) is 10.7. The third-order valence-corrected chi connectivity index (χ3v) is 7.40. The standard InChI is InChI=1S/C24H21N3O3S3/c1-15(22(28)27-24-26-20(14-32-24)21-7-4-12-31-21)33-19-10-8-17(9-11-19)25-23(29)16-5-3-6-18(13-16)30-2/h3-15H,1-2H3,(H,25,29)(H,26,27,28). The second-order valence-electron chi connectivity index (χ2n) is 6.97. The van der Waals surface area contributed by atoms with E-state index in [1.54, 1.807) is 42.7 Å². The van der Waals surface area contributed by atoms with E-state index in [2.05, 4.69) is 15.6 Å². The lowest BCUT2D eigenvalue weighted by atomic mass is 10.2. The van der Waals surface area contributed by atoms with Crippen molar-refractivity contribution in [1.82, 2.24) is 4.98 Å². The summed E-state index contributed by atoms with van der Waals surface area (Å²) in [6.07, 6.45) is 0. The van der Waals surface area contributed by atoms with E-state index in [0.717, 1.165) is 15.5 Å². The van der Waals surface area contributed by atoms with Gasteiger partial charge >= 0.3 is 0 Å². The van der Waals surface area contributed by atoms with Crippen LogP contribution in [-0.2, 0) is 4.79 Å². The number of hydrogen-bond donors (Lipinski definition) is 2. The first-order valence-electron chi connectivity index (χ1n) is 10.0. The van der Waals surface area contributed by atoms with Crippen LogP contribution in [0.15, 0.2) is 76.3 Å². The monoisotopic (exact) mass is 495 g/mol. The number of thiophene rings is 1. The topological polar surface area (TPSA) is 80.3 Å². The molecule has 2 amide bonds. The van der Waals surface area contributed by atoms with E-state index in [-0.39, 0.29) is 17.1 Å². The van der Waals surface area contributed by atoms with Crippen LogP contribution >= 0.6 is 34.4 Å². The normalized spacial score (nSPS) is 11.6. The van der Waals surface area contributed by atoms with Gasteiger partial charge in [-0.3, -0.25) is 9.59 Å². The van der Waals surface area contributed by atoms with Gasteiger partial charge in [0.1, 0.15) is 5.75 Å². The molecule has 168 valence electrons. The first-order valence-corrected chi connectivity index (χ1v) is 12.7. The summed E-state index contributed by atoms with van der Waals surface area (Å²) in [4.78, 5) is 31.6. The number of rotatable bonds is 8. The summed E-state index contributed by atoms with van der Waals surface area (Å²) in [5.41, 5.74) is 2.06. The van der Waals surface area contributed by atoms with Crippen molar-refractivity contribution in [1.29, 1.82) is 0 Å². The van der Waals surface area contributed by atoms with E-state index < -0.39 is 0 Å². The number of ether oxygens (including phenoxy) is 1. The molecule has 2 N–H and O–H groups in total. The number of carbonyl (C=O) groups excluding carboxylic acids is 2. The molecule has 9 heteroatoms. The van der Waals surface area contributed by atoms with Gasteiger partial charge in [0.05, 0.1) is 22.9 Å². The Balaban J connectivity index is 1.31. The highest BCUT2D eigenvalue weighted by molar-refractivity contribution is 8.00. The zero-order valence-electron chi connectivity index (χ0n) is 17.9. The maximum atomic E-state index is 12.6. The fraction of sp³-hybridized carbons (Fsp3) is 0.125. The van der Waals surface area contributed by atoms with Crippen LogP contribution in [0.25, 0.3) is 10.6 Å². The highest BCUT2D eigenvalue weighted by Crippen LogP contribution is 2.30. The Labute approximate surface area is 204 Å². The highest BCUT2D eigenvalue weighted by Gasteiger charge is 2.17. The van der Waals surface area contributed by atoms with Crippen LogP contribution in [-0.4, -0.2) is 29.2 Å². The van der Waals surface area contributed by atoms with Crippen LogP contribution in [0, 0.1) is 0 Å². The zero-order valence-corrected chi connectivity index (χ0v) is 20.4. The lowest BCUT2D eigenvalue weighted by Crippen LogP contribution is -2.22. The molecule has 0 saturated heterocycles. The molecule has 0 aliphatic rings. The number of anilines is 2. The molecule has 33 heavy (non-hydrogen) atoms. The van der Waals surface area contributed by atoms with Crippen LogP contribution < -0.4 is 15.4 Å². The highest BCUT2D eigenvalue weighted by atomic mass is 32.2. The molecular formula is C24H21N3O3S3. The predicted octanol–water partition coefficient (Wildman–Crippen LogP) is 6.25. The van der Waals surface area contributed by atoms with Crippen LogP contribution in [0.2, 0.25) is 0 Å². The Morgan fingerprint density at radius 3 is 2.58 bits per heavy atom. The lowest BCUT2D eigenvalue weighted by Gasteiger charge is -2.11. The van der Waals surface area contributed by atoms with Gasteiger partial charge in [0.15, 0.2) is 5.13 Å². The quantitative estimate of drug-likeness (QED) is 0.282. The number of nitrogens with one attached hydrogen (secondary N) is 2. The van der Waals surface area contributed by atoms with E-state index in [4.69, 9.17) is 4.74 Å². The molecule has 4 aromatic rings. The third-order valence-electron chi connectivity index (χ3n) is 4.63. The summed E-state index contributed by atoms with van der Waals surface area (Å²) in [7, 11) is 1.56. The van der Waals surface area contributed by atoms with Crippen LogP contribution in [0.3, 0.4) is 0 Å². The minimum absolute atomic E-state index is 0.109. The number of benzene rings is 2. The van der Waals surface area contributed by atoms with Crippen LogP contribution in [0.4, 0.5) is 10.8 Å². The minimum atomic E-state index is -0.309. The van der Waals surface area contributed by atoms with Crippen molar-refractivity contribution in [3.05, 3.63) is 77.0 Å². The van der Waals surface area contributed by atoms with Gasteiger partial charge < -0.3 is 15.4 Å². The minimum Gasteiger partial charge on any atom is -0.497 e. The number of methoxy groups -OCH3 is 1. The molecule has 0 radical (unpaired) electrons. The van der Waals surface area contributed by atoms with Crippen molar-refractivity contribution in [2.45, 2.75) is 17.1 Å². The Hall–Kier alpha value is -3.14. The van der Waals surface area contributed by atoms with Crippen molar-refractivity contribution in [3.63, 3.8) is 0 Å². The number of hydrogen-bond acceptors (Lipinski definition) is 7. The fourth-order valence-corrected chi connectivity index (χ4v) is 5.26. The molecule has 4 rings (SSSR count). The largest absolute Gasteiger partial charge is 0.497 e. The SMILES string of the molecule is COc1cccc(C(=O)Nc2ccc(SC(C)C(=O)Nc3nc(-c4cccs4)cs3)cc2)c1. The molecule has 0 spiro atoms. The van der Waals surface area contributed by atoms with E-state index in [0.29, 0.717) is 22.1 Å². The van der Waals surface area contributed by atoms with E-state index >= 15 is 0 Å². The number of thiazole rings is 1. The summed E-state index contributed by atoms with van der Waals surface area (Å²) in [6.45, 7) is 1.85. The van der Waals surface area contributed by atoms with Gasteiger partial charge in [-0.1, -0.05) is 12.1 Å². The van der Waals surface area contributed by atoms with Crippen molar-refractivity contribution in [2.75, 3.05) is 17.7 Å². The number of amides is 2. The summed E-state index contributed by atoms with van der Waals surface area (Å²) in [5, 5.41) is 9.99. The van der Waals surface area contributed by atoms with Gasteiger partial charge in [0, 0.05) is 21.5 Å². The maximum Gasteiger partial charge on any atom is 0.255 e. The molecule has 2 aromatic carbocycles. The average Bonchev–Trinajstić information content (AvgIpc) is 3.52. The van der Waals surface area contributed by atoms with Crippen LogP contribution in [0.1, 0.15) is 17.3 Å². The van der Waals surface area contributed by atoms with Gasteiger partial charge in [-0.05, 0) is 60.8 Å². The first-order chi connectivity index (χ1) is 16.0. The smallest absolute Gasteiger partial charge is 0.255 e. The van der Waals surface area contributed by atoms with Crippen molar-refractivity contribution < 1.29 is 14.3 Å². The molecule has 0 aliphatic heterocycles. The molecule has 0 saturated carbocycles. The zero-order chi connectivity index (χ0) is 23.2. The summed E-state index contributed by atoms with van der Waals surface area (Å²) >= 11 is 4.47. The molecule has 0 bridgehead atoms. The molecule has 0 aliphatic carbocycles. The summed E-state index contributed by atoms with van der Waals surface area (Å²) < 4.78 is 5.16. The Kier molecular flexibility index (Phi) is 7.43. The summed E-state index contributed by atoms with van der Waals surface area (Å²) in [5.74, 6) is 0.303. The van der Waals surface area contributed by atoms with Crippen molar-refractivity contribution in [3.8, 4) is 16.3 Å². The number of nitrogens with zero attached hydrogens (tertiary/aromatic N) is 1. The Morgan fingerprint density at radius 2 is 1.85 bits per heavy atom. The van der Waals surface area contributed by atoms with E-state index in [1.165, 1.54) is 23.1 Å². The molecule has 2 heterocycles. The molecule has 2 aromatic heterocycles. The number of carbonyl (C=O) groups is 2. The number of aromatic nitrogens is 1. The van der Waals surface area contributed by atoms with Crippen molar-refractivity contribution >= 4 is 57.1 Å². The van der Waals surface area contributed by atoms with Gasteiger partial charge in [-0.25, -0.2) is 4.98 Å². The number of thioether (sulfide) groups is 1. The van der Waals surface area contributed by atoms with E-state index in [1.807, 2.05) is 54.1 Å². The Bertz CT molecular complexity index is 1240. The second-order valence-corrected chi connectivity index (χ2v) is 10.2. The molecule has 6 nitrogen and oxygen atoms in total. The van der Waals surface area contributed by atoms with Gasteiger partial charge in [-0.15, -0.1) is 34.4 Å². The first kappa shape index (κ1) is 23.0. The van der Waals surface area contributed by atoms with Gasteiger partial charge in [0.25, 0.3) is 5.91 Å². The average molecular weight is 496 g/mol. The van der Waals surface area contributed by atoms with E-state index in [9.17, 15) is 9.59 Å². The summed E-state index contributed by atoms with van der Waals surface area (Å²) in [6, 6.07) is 18.4. The molecule has 0 fully saturated rings. The molecular weight excluding hydrogens is 474 g/mol. The van der Waals surface area contributed by atoms with Crippen LogP contribution in [0.5, 0.6) is 5.75 Å². The Morgan fingerprint density at radius 1 is 1.03 bits per heavy atom. The molecule has 1 unspecified atom stereocenters. The lowest BCUT2D eigenvalue weighted by molar-refractivity contribution is -0.115. The fourth-order valence-electron chi connectivity index (χ4n) is 2.92. The third kappa shape index (κ3) is 6.01. The maximum absolute atomic E-state index is 12.6. The molecule has 1 atom stereocenters.